The Balaban J connectivity index is 1.70. The second-order valence-corrected chi connectivity index (χ2v) is 8.76. The molecular weight excluding hydrogens is 444 g/mol. The van der Waals surface area contributed by atoms with Crippen molar-refractivity contribution in [1.29, 1.82) is 0 Å². The second kappa shape index (κ2) is 9.37. The first-order valence-electron chi connectivity index (χ1n) is 9.89. The lowest BCUT2D eigenvalue weighted by atomic mass is 10.1. The van der Waals surface area contributed by atoms with Gasteiger partial charge in [-0.25, -0.2) is 4.98 Å². The smallest absolute Gasteiger partial charge is 0.266 e. The molecular formula is C23H20N4O3S2. The highest BCUT2D eigenvalue weighted by Crippen LogP contribution is 2.26. The Morgan fingerprint density at radius 3 is 2.66 bits per heavy atom. The molecule has 2 aromatic heterocycles. The fourth-order valence-electron chi connectivity index (χ4n) is 3.34. The molecule has 0 aliphatic carbocycles. The molecule has 0 bridgehead atoms. The summed E-state index contributed by atoms with van der Waals surface area (Å²) in [7, 11) is 0. The van der Waals surface area contributed by atoms with Crippen LogP contribution < -0.4 is 16.6 Å². The standard InChI is InChI=1S/C23H20N4O3S2/c1-2-14-7-3-6-10-18(14)27-22(30)15-8-4-5-9-17(15)25-23(27)32-13-19(28)26-21-16(20(24)29)11-12-31-21/h3-12H,2,13H2,1H3,(H2,24,29)(H,26,28). The summed E-state index contributed by atoms with van der Waals surface area (Å²) in [6.07, 6.45) is 0.744. The summed E-state index contributed by atoms with van der Waals surface area (Å²) < 4.78 is 1.57. The molecule has 0 atom stereocenters. The fraction of sp³-hybridized carbons (Fsp3) is 0.130. The van der Waals surface area contributed by atoms with E-state index in [2.05, 4.69) is 10.3 Å². The summed E-state index contributed by atoms with van der Waals surface area (Å²) >= 11 is 2.39. The van der Waals surface area contributed by atoms with Crippen LogP contribution >= 0.6 is 23.1 Å². The highest BCUT2D eigenvalue weighted by atomic mass is 32.2. The van der Waals surface area contributed by atoms with E-state index < -0.39 is 5.91 Å². The molecule has 2 aromatic carbocycles. The maximum atomic E-state index is 13.4. The Labute approximate surface area is 192 Å². The summed E-state index contributed by atoms with van der Waals surface area (Å²) in [5, 5.41) is 5.75. The van der Waals surface area contributed by atoms with E-state index in [1.54, 1.807) is 34.2 Å². The number of carbonyl (C=O) groups is 2. The first-order chi connectivity index (χ1) is 15.5. The van der Waals surface area contributed by atoms with Gasteiger partial charge in [-0.15, -0.1) is 11.3 Å². The van der Waals surface area contributed by atoms with Gasteiger partial charge in [0, 0.05) is 0 Å². The first kappa shape index (κ1) is 21.8. The molecule has 0 unspecified atom stereocenters. The number of thiophene rings is 1. The van der Waals surface area contributed by atoms with Crippen LogP contribution in [0.1, 0.15) is 22.8 Å². The number of rotatable bonds is 7. The van der Waals surface area contributed by atoms with E-state index in [1.165, 1.54) is 11.3 Å². The minimum absolute atomic E-state index is 0.00910. The minimum atomic E-state index is -0.601. The highest BCUT2D eigenvalue weighted by molar-refractivity contribution is 7.99. The number of nitrogens with two attached hydrogens (primary N) is 1. The van der Waals surface area contributed by atoms with Gasteiger partial charge in [0.05, 0.1) is 27.9 Å². The second-order valence-electron chi connectivity index (χ2n) is 6.90. The topological polar surface area (TPSA) is 107 Å². The maximum absolute atomic E-state index is 13.4. The molecule has 0 spiro atoms. The van der Waals surface area contributed by atoms with E-state index in [0.29, 0.717) is 21.1 Å². The van der Waals surface area contributed by atoms with Gasteiger partial charge in [-0.05, 0) is 41.6 Å². The van der Waals surface area contributed by atoms with Gasteiger partial charge in [0.15, 0.2) is 5.16 Å². The number of amides is 2. The molecule has 162 valence electrons. The van der Waals surface area contributed by atoms with Crippen LogP contribution in [0, 0.1) is 0 Å². The summed E-state index contributed by atoms with van der Waals surface area (Å²) in [5.74, 6) is -0.914. The molecule has 32 heavy (non-hydrogen) atoms. The monoisotopic (exact) mass is 464 g/mol. The average molecular weight is 465 g/mol. The molecule has 7 nitrogen and oxygen atoms in total. The number of para-hydroxylation sites is 2. The van der Waals surface area contributed by atoms with Crippen molar-refractivity contribution in [3.63, 3.8) is 0 Å². The van der Waals surface area contributed by atoms with Crippen molar-refractivity contribution in [2.45, 2.75) is 18.5 Å². The number of hydrogen-bond acceptors (Lipinski definition) is 6. The summed E-state index contributed by atoms with van der Waals surface area (Å²) in [6, 6.07) is 16.4. The van der Waals surface area contributed by atoms with Crippen LogP contribution in [0.2, 0.25) is 0 Å². The van der Waals surface area contributed by atoms with Crippen molar-refractivity contribution in [1.82, 2.24) is 9.55 Å². The van der Waals surface area contributed by atoms with Gasteiger partial charge >= 0.3 is 0 Å². The molecule has 0 aliphatic rings. The van der Waals surface area contributed by atoms with Crippen LogP contribution in [0.5, 0.6) is 0 Å². The number of benzene rings is 2. The summed E-state index contributed by atoms with van der Waals surface area (Å²) in [5.41, 5.74) is 7.74. The molecule has 0 aliphatic heterocycles. The number of primary amides is 1. The maximum Gasteiger partial charge on any atom is 0.266 e. The lowest BCUT2D eigenvalue weighted by Gasteiger charge is -2.16. The molecule has 9 heteroatoms. The van der Waals surface area contributed by atoms with Gasteiger partial charge in [0.2, 0.25) is 5.91 Å². The summed E-state index contributed by atoms with van der Waals surface area (Å²) in [4.78, 5) is 42.2. The van der Waals surface area contributed by atoms with E-state index in [1.807, 2.05) is 37.3 Å². The predicted molar refractivity (Wildman–Crippen MR) is 129 cm³/mol. The Morgan fingerprint density at radius 1 is 1.12 bits per heavy atom. The van der Waals surface area contributed by atoms with E-state index in [0.717, 1.165) is 29.4 Å². The molecule has 0 radical (unpaired) electrons. The van der Waals surface area contributed by atoms with E-state index in [9.17, 15) is 14.4 Å². The van der Waals surface area contributed by atoms with Crippen LogP contribution in [0.15, 0.2) is 69.9 Å². The molecule has 2 amide bonds. The number of aryl methyl sites for hydroxylation is 1. The van der Waals surface area contributed by atoms with Crippen molar-refractivity contribution in [3.05, 3.63) is 81.5 Å². The Bertz CT molecular complexity index is 1380. The average Bonchev–Trinajstić information content (AvgIpc) is 3.26. The van der Waals surface area contributed by atoms with Crippen LogP contribution in [0.25, 0.3) is 16.6 Å². The van der Waals surface area contributed by atoms with Gasteiger partial charge in [-0.2, -0.15) is 0 Å². The SMILES string of the molecule is CCc1ccccc1-n1c(SCC(=O)Nc2sccc2C(N)=O)nc2ccccc2c1=O. The number of anilines is 1. The van der Waals surface area contributed by atoms with Gasteiger partial charge in [-0.3, -0.25) is 19.0 Å². The van der Waals surface area contributed by atoms with Crippen molar-refractivity contribution in [3.8, 4) is 5.69 Å². The molecule has 0 fully saturated rings. The largest absolute Gasteiger partial charge is 0.366 e. The quantitative estimate of drug-likeness (QED) is 0.319. The number of thioether (sulfide) groups is 1. The van der Waals surface area contributed by atoms with Gasteiger partial charge in [0.1, 0.15) is 5.00 Å². The number of fused-ring (bicyclic) bond motifs is 1. The zero-order valence-corrected chi connectivity index (χ0v) is 18.8. The van der Waals surface area contributed by atoms with Crippen LogP contribution in [0.4, 0.5) is 5.00 Å². The van der Waals surface area contributed by atoms with Crippen LogP contribution in [-0.4, -0.2) is 27.1 Å². The van der Waals surface area contributed by atoms with Crippen LogP contribution in [0.3, 0.4) is 0 Å². The number of carbonyl (C=O) groups excluding carboxylic acids is 2. The molecule has 4 aromatic rings. The van der Waals surface area contributed by atoms with E-state index >= 15 is 0 Å². The highest BCUT2D eigenvalue weighted by Gasteiger charge is 2.18. The summed E-state index contributed by atoms with van der Waals surface area (Å²) in [6.45, 7) is 2.02. The third-order valence-electron chi connectivity index (χ3n) is 4.87. The lowest BCUT2D eigenvalue weighted by molar-refractivity contribution is -0.113. The zero-order chi connectivity index (χ0) is 22.7. The molecule has 0 saturated carbocycles. The Hall–Kier alpha value is -3.43. The van der Waals surface area contributed by atoms with Crippen molar-refractivity contribution < 1.29 is 9.59 Å². The third kappa shape index (κ3) is 4.30. The van der Waals surface area contributed by atoms with Crippen molar-refractivity contribution >= 4 is 50.8 Å². The van der Waals surface area contributed by atoms with Gasteiger partial charge in [-0.1, -0.05) is 49.0 Å². The molecule has 4 rings (SSSR count). The molecule has 2 heterocycles. The predicted octanol–water partition coefficient (Wildman–Crippen LogP) is 3.84. The van der Waals surface area contributed by atoms with Crippen molar-refractivity contribution in [2.75, 3.05) is 11.1 Å². The van der Waals surface area contributed by atoms with Gasteiger partial charge in [0.25, 0.3) is 11.5 Å². The van der Waals surface area contributed by atoms with E-state index in [4.69, 9.17) is 5.73 Å². The number of nitrogens with zero attached hydrogens (tertiary/aromatic N) is 2. The Morgan fingerprint density at radius 2 is 1.88 bits per heavy atom. The normalized spacial score (nSPS) is 10.9. The Kier molecular flexibility index (Phi) is 6.38. The fourth-order valence-corrected chi connectivity index (χ4v) is 4.96. The van der Waals surface area contributed by atoms with E-state index in [-0.39, 0.29) is 22.8 Å². The van der Waals surface area contributed by atoms with Gasteiger partial charge < -0.3 is 11.1 Å². The first-order valence-corrected chi connectivity index (χ1v) is 11.8. The molecule has 3 N–H and O–H groups in total. The minimum Gasteiger partial charge on any atom is -0.366 e. The van der Waals surface area contributed by atoms with Crippen LogP contribution in [-0.2, 0) is 11.2 Å². The third-order valence-corrected chi connectivity index (χ3v) is 6.64. The van der Waals surface area contributed by atoms with Crippen molar-refractivity contribution in [2.24, 2.45) is 5.73 Å². The zero-order valence-electron chi connectivity index (χ0n) is 17.2. The number of hydrogen-bond donors (Lipinski definition) is 2. The molecule has 0 saturated heterocycles. The number of nitrogens with one attached hydrogen (secondary N) is 1. The number of aromatic nitrogens is 2. The lowest BCUT2D eigenvalue weighted by Crippen LogP contribution is -2.24.